The molecule has 17 heavy (non-hydrogen) atoms. The molecule has 3 atom stereocenters. The van der Waals surface area contributed by atoms with Gasteiger partial charge in [0.2, 0.25) is 0 Å². The van der Waals surface area contributed by atoms with Gasteiger partial charge in [0.1, 0.15) is 23.5 Å². The van der Waals surface area contributed by atoms with E-state index < -0.39 is 18.2 Å². The molecule has 8 nitrogen and oxygen atoms in total. The third-order valence-electron chi connectivity index (χ3n) is 2.50. The van der Waals surface area contributed by atoms with Gasteiger partial charge in [0.15, 0.2) is 0 Å². The maximum absolute atomic E-state index is 9.75. The molecule has 0 amide bonds. The molecule has 1 heterocycles. The average Bonchev–Trinajstić information content (AvgIpc) is 2.28. The van der Waals surface area contributed by atoms with Crippen LogP contribution < -0.4 is 27.8 Å². The van der Waals surface area contributed by atoms with Crippen LogP contribution in [0, 0.1) is 0 Å². The number of amidine groups is 1. The maximum Gasteiger partial charge on any atom is 0.149 e. The second kappa shape index (κ2) is 5.71. The van der Waals surface area contributed by atoms with Gasteiger partial charge in [-0.05, 0) is 6.92 Å². The van der Waals surface area contributed by atoms with Crippen molar-refractivity contribution in [2.24, 2.45) is 22.2 Å². The Morgan fingerprint density at radius 1 is 1.53 bits per heavy atom. The number of nitrogens with zero attached hydrogens (tertiary/aromatic N) is 1. The zero-order chi connectivity index (χ0) is 13.0. The molecule has 0 spiro atoms. The van der Waals surface area contributed by atoms with Crippen LogP contribution in [0.5, 0.6) is 0 Å². The van der Waals surface area contributed by atoms with E-state index in [9.17, 15) is 10.2 Å². The Morgan fingerprint density at radius 2 is 2.18 bits per heavy atom. The Kier molecular flexibility index (Phi) is 4.55. The number of aliphatic hydroxyl groups excluding tert-OH is 2. The van der Waals surface area contributed by atoms with E-state index in [0.717, 1.165) is 0 Å². The monoisotopic (exact) mass is 244 g/mol. The lowest BCUT2D eigenvalue weighted by atomic mass is 10.0. The third kappa shape index (κ3) is 3.22. The Morgan fingerprint density at radius 3 is 2.65 bits per heavy atom. The number of nitrogens with one attached hydrogen (secondary N) is 2. The molecule has 1 rings (SSSR count). The first-order valence-corrected chi connectivity index (χ1v) is 5.34. The molecule has 8 heteroatoms. The zero-order valence-electron chi connectivity index (χ0n) is 9.72. The Labute approximate surface area is 99.6 Å². The van der Waals surface area contributed by atoms with Crippen LogP contribution >= 0.6 is 0 Å². The van der Waals surface area contributed by atoms with Crippen molar-refractivity contribution in [2.75, 3.05) is 13.2 Å². The highest BCUT2D eigenvalue weighted by atomic mass is 16.3. The Balaban J connectivity index is 2.84. The molecule has 0 aromatic carbocycles. The summed E-state index contributed by atoms with van der Waals surface area (Å²) in [6.07, 6.45) is -1.79. The van der Waals surface area contributed by atoms with Gasteiger partial charge in [-0.3, -0.25) is 4.99 Å². The number of piperazine rings is 1. The lowest BCUT2D eigenvalue weighted by Gasteiger charge is -2.33. The van der Waals surface area contributed by atoms with Crippen LogP contribution in [-0.2, 0) is 0 Å². The SMILES string of the molecule is CC(O)C(O)C1CN/C(=N/CN)C(=C(N)N)N1. The largest absolute Gasteiger partial charge is 0.391 e. The van der Waals surface area contributed by atoms with Crippen molar-refractivity contribution in [2.45, 2.75) is 25.2 Å². The summed E-state index contributed by atoms with van der Waals surface area (Å²) in [7, 11) is 0. The van der Waals surface area contributed by atoms with Crippen molar-refractivity contribution in [3.63, 3.8) is 0 Å². The lowest BCUT2D eigenvalue weighted by molar-refractivity contribution is 0.00902. The van der Waals surface area contributed by atoms with E-state index in [2.05, 4.69) is 15.6 Å². The maximum atomic E-state index is 9.75. The van der Waals surface area contributed by atoms with E-state index in [0.29, 0.717) is 18.1 Å². The summed E-state index contributed by atoms with van der Waals surface area (Å²) < 4.78 is 0. The second-order valence-electron chi connectivity index (χ2n) is 3.88. The summed E-state index contributed by atoms with van der Waals surface area (Å²) in [6.45, 7) is 2.00. The molecular formula is C9H20N6O2. The molecule has 1 aliphatic rings. The Hall–Kier alpha value is -1.51. The number of hydrogen-bond acceptors (Lipinski definition) is 7. The summed E-state index contributed by atoms with van der Waals surface area (Å²) >= 11 is 0. The molecule has 0 bridgehead atoms. The minimum atomic E-state index is -0.934. The highest BCUT2D eigenvalue weighted by Crippen LogP contribution is 2.08. The van der Waals surface area contributed by atoms with E-state index in [-0.39, 0.29) is 12.5 Å². The summed E-state index contributed by atoms with van der Waals surface area (Å²) in [5.41, 5.74) is 16.7. The van der Waals surface area contributed by atoms with Gasteiger partial charge in [0.05, 0.1) is 18.8 Å². The summed E-state index contributed by atoms with van der Waals surface area (Å²) in [5.74, 6) is 0.508. The fraction of sp³-hybridized carbons (Fsp3) is 0.667. The van der Waals surface area contributed by atoms with Gasteiger partial charge in [0, 0.05) is 6.54 Å². The molecule has 1 aliphatic heterocycles. The van der Waals surface area contributed by atoms with Crippen LogP contribution in [0.4, 0.5) is 0 Å². The lowest BCUT2D eigenvalue weighted by Crippen LogP contribution is -2.58. The third-order valence-corrected chi connectivity index (χ3v) is 2.50. The van der Waals surface area contributed by atoms with Crippen LogP contribution in [0.25, 0.3) is 0 Å². The van der Waals surface area contributed by atoms with Crippen molar-refractivity contribution in [3.05, 3.63) is 11.5 Å². The van der Waals surface area contributed by atoms with Crippen LogP contribution in [0.2, 0.25) is 0 Å². The second-order valence-corrected chi connectivity index (χ2v) is 3.88. The molecule has 0 aromatic rings. The van der Waals surface area contributed by atoms with Crippen molar-refractivity contribution < 1.29 is 10.2 Å². The van der Waals surface area contributed by atoms with Gasteiger partial charge in [-0.1, -0.05) is 0 Å². The normalized spacial score (nSPS) is 26.0. The summed E-state index contributed by atoms with van der Waals surface area (Å²) in [5, 5.41) is 25.0. The van der Waals surface area contributed by atoms with Crippen molar-refractivity contribution in [1.82, 2.24) is 10.6 Å². The molecule has 0 saturated carbocycles. The number of aliphatic hydroxyl groups is 2. The van der Waals surface area contributed by atoms with E-state index in [4.69, 9.17) is 17.2 Å². The predicted molar refractivity (Wildman–Crippen MR) is 64.5 cm³/mol. The van der Waals surface area contributed by atoms with Crippen LogP contribution in [0.1, 0.15) is 6.92 Å². The topological polar surface area (TPSA) is 155 Å². The average molecular weight is 244 g/mol. The Bertz CT molecular complexity index is 323. The molecule has 1 saturated heterocycles. The molecule has 3 unspecified atom stereocenters. The highest BCUT2D eigenvalue weighted by Gasteiger charge is 2.29. The zero-order valence-corrected chi connectivity index (χ0v) is 9.72. The highest BCUT2D eigenvalue weighted by molar-refractivity contribution is 5.99. The minimum absolute atomic E-state index is 0.0483. The van der Waals surface area contributed by atoms with Gasteiger partial charge < -0.3 is 38.0 Å². The number of aliphatic imine (C=N–C) groups is 1. The summed E-state index contributed by atoms with van der Waals surface area (Å²) in [6, 6.07) is -0.399. The number of rotatable bonds is 3. The van der Waals surface area contributed by atoms with Crippen LogP contribution in [-0.4, -0.2) is 47.5 Å². The molecule has 1 fully saturated rings. The van der Waals surface area contributed by atoms with E-state index >= 15 is 0 Å². The van der Waals surface area contributed by atoms with Gasteiger partial charge in [-0.15, -0.1) is 0 Å². The first kappa shape index (κ1) is 13.6. The summed E-state index contributed by atoms with van der Waals surface area (Å²) in [4.78, 5) is 3.98. The van der Waals surface area contributed by atoms with Gasteiger partial charge >= 0.3 is 0 Å². The van der Waals surface area contributed by atoms with Crippen LogP contribution in [0.3, 0.4) is 0 Å². The van der Waals surface area contributed by atoms with Gasteiger partial charge in [-0.2, -0.15) is 0 Å². The van der Waals surface area contributed by atoms with Gasteiger partial charge in [-0.25, -0.2) is 0 Å². The molecule has 0 radical (unpaired) electrons. The van der Waals surface area contributed by atoms with E-state index in [1.54, 1.807) is 0 Å². The van der Waals surface area contributed by atoms with Crippen molar-refractivity contribution >= 4 is 5.84 Å². The van der Waals surface area contributed by atoms with Gasteiger partial charge in [0.25, 0.3) is 0 Å². The van der Waals surface area contributed by atoms with Crippen molar-refractivity contribution in [3.8, 4) is 0 Å². The predicted octanol–water partition coefficient (Wildman–Crippen LogP) is -3.31. The fourth-order valence-corrected chi connectivity index (χ4v) is 1.59. The molecule has 0 aliphatic carbocycles. The first-order valence-electron chi connectivity index (χ1n) is 5.34. The van der Waals surface area contributed by atoms with E-state index in [1.807, 2.05) is 0 Å². The smallest absolute Gasteiger partial charge is 0.149 e. The molecule has 0 aromatic heterocycles. The number of nitrogens with two attached hydrogens (primary N) is 3. The molecule has 10 N–H and O–H groups in total. The van der Waals surface area contributed by atoms with Crippen molar-refractivity contribution in [1.29, 1.82) is 0 Å². The quantitative estimate of drug-likeness (QED) is 0.274. The molecule has 98 valence electrons. The molecular weight excluding hydrogens is 224 g/mol. The minimum Gasteiger partial charge on any atom is -0.391 e. The first-order chi connectivity index (χ1) is 7.97. The fourth-order valence-electron chi connectivity index (χ4n) is 1.59. The van der Waals surface area contributed by atoms with Crippen LogP contribution in [0.15, 0.2) is 16.5 Å². The number of hydrogen-bond donors (Lipinski definition) is 7. The standard InChI is InChI=1S/C9H20N6O2/c1-4(16)7(17)5-2-13-9(14-3-10)6(15-5)8(11)12/h4-5,7,15-17H,2-3,10-12H2,1H3,(H,13,14). The van der Waals surface area contributed by atoms with E-state index in [1.165, 1.54) is 6.92 Å².